The molecule has 0 aliphatic heterocycles. The van der Waals surface area contributed by atoms with Crippen molar-refractivity contribution in [2.45, 2.75) is 31.7 Å². The van der Waals surface area contributed by atoms with E-state index >= 15 is 0 Å². The molecule has 0 saturated heterocycles. The molecule has 0 radical (unpaired) electrons. The van der Waals surface area contributed by atoms with Crippen molar-refractivity contribution in [3.63, 3.8) is 0 Å². The van der Waals surface area contributed by atoms with Gasteiger partial charge < -0.3 is 15.3 Å². The summed E-state index contributed by atoms with van der Waals surface area (Å²) >= 11 is 0. The minimum absolute atomic E-state index is 0.230. The zero-order valence-electron chi connectivity index (χ0n) is 11.5. The molecular weight excluding hydrogens is 275 g/mol. The van der Waals surface area contributed by atoms with E-state index in [-0.39, 0.29) is 11.7 Å². The third-order valence-electron chi connectivity index (χ3n) is 3.85. The predicted octanol–water partition coefficient (Wildman–Crippen LogP) is 2.93. The lowest BCUT2D eigenvalue weighted by molar-refractivity contribution is 0.0692. The molecule has 5 nitrogen and oxygen atoms in total. The van der Waals surface area contributed by atoms with Crippen LogP contribution in [0.25, 0.3) is 0 Å². The highest BCUT2D eigenvalue weighted by Crippen LogP contribution is 2.35. The third kappa shape index (κ3) is 3.32. The molecule has 3 rings (SSSR count). The summed E-state index contributed by atoms with van der Waals surface area (Å²) in [6.07, 6.45) is 4.37. The van der Waals surface area contributed by atoms with Gasteiger partial charge in [-0.15, -0.1) is 0 Å². The molecule has 0 spiro atoms. The highest BCUT2D eigenvalue weighted by atomic mass is 19.1. The average molecular weight is 292 g/mol. The van der Waals surface area contributed by atoms with Crippen LogP contribution in [0.4, 0.5) is 14.9 Å². The summed E-state index contributed by atoms with van der Waals surface area (Å²) in [5, 5.41) is 11.4. The minimum Gasteiger partial charge on any atom is -0.478 e. The van der Waals surface area contributed by atoms with Crippen LogP contribution in [0.3, 0.4) is 0 Å². The van der Waals surface area contributed by atoms with Gasteiger partial charge in [-0.1, -0.05) is 0 Å². The van der Waals surface area contributed by atoms with Gasteiger partial charge in [-0.2, -0.15) is 0 Å². The van der Waals surface area contributed by atoms with E-state index in [1.54, 1.807) is 0 Å². The third-order valence-corrected chi connectivity index (χ3v) is 3.85. The lowest BCUT2D eigenvalue weighted by Gasteiger charge is -2.22. The van der Waals surface area contributed by atoms with Crippen molar-refractivity contribution in [1.82, 2.24) is 4.90 Å². The Bertz CT molecular complexity index is 582. The van der Waals surface area contributed by atoms with Crippen LogP contribution >= 0.6 is 0 Å². The number of carboxylic acid groups (broad SMARTS) is 1. The van der Waals surface area contributed by atoms with Crippen molar-refractivity contribution >= 4 is 17.7 Å². The lowest BCUT2D eigenvalue weighted by atomic mass is 10.2. The fraction of sp³-hybridized carbons (Fsp3) is 0.467. The first-order chi connectivity index (χ1) is 10.0. The zero-order valence-corrected chi connectivity index (χ0v) is 11.5. The van der Waals surface area contributed by atoms with E-state index in [9.17, 15) is 14.0 Å². The van der Waals surface area contributed by atoms with Crippen LogP contribution in [-0.2, 0) is 0 Å². The maximum Gasteiger partial charge on any atom is 0.338 e. The fourth-order valence-corrected chi connectivity index (χ4v) is 2.32. The number of nitrogens with zero attached hydrogens (tertiary/aromatic N) is 1. The molecule has 1 aromatic carbocycles. The lowest BCUT2D eigenvalue weighted by Crippen LogP contribution is -2.38. The number of carboxylic acids is 1. The topological polar surface area (TPSA) is 69.6 Å². The summed E-state index contributed by atoms with van der Waals surface area (Å²) < 4.78 is 13.6. The molecule has 0 aromatic heterocycles. The van der Waals surface area contributed by atoms with Gasteiger partial charge in [0, 0.05) is 18.3 Å². The summed E-state index contributed by atoms with van der Waals surface area (Å²) in [4.78, 5) is 24.8. The van der Waals surface area contributed by atoms with Gasteiger partial charge in [0.05, 0.1) is 5.56 Å². The Hall–Kier alpha value is -2.11. The molecule has 21 heavy (non-hydrogen) atoms. The van der Waals surface area contributed by atoms with Gasteiger partial charge in [0.15, 0.2) is 0 Å². The first-order valence-electron chi connectivity index (χ1n) is 7.15. The number of aromatic carboxylic acids is 1. The fourth-order valence-electron chi connectivity index (χ4n) is 2.32. The van der Waals surface area contributed by atoms with Crippen LogP contribution in [0, 0.1) is 11.7 Å². The Balaban J connectivity index is 1.68. The number of carbonyl (C=O) groups is 2. The van der Waals surface area contributed by atoms with E-state index in [0.29, 0.717) is 12.0 Å². The van der Waals surface area contributed by atoms with Gasteiger partial charge in [0.1, 0.15) is 5.82 Å². The van der Waals surface area contributed by atoms with Crippen LogP contribution in [0.5, 0.6) is 0 Å². The SMILES string of the molecule is O=C(O)c1ccc(NC(=O)N(CC2CC2)C2CC2)cc1F. The second-order valence-electron chi connectivity index (χ2n) is 5.76. The highest BCUT2D eigenvalue weighted by molar-refractivity contribution is 5.92. The van der Waals surface area contributed by atoms with Crippen molar-refractivity contribution < 1.29 is 19.1 Å². The quantitative estimate of drug-likeness (QED) is 0.876. The number of benzene rings is 1. The molecule has 2 fully saturated rings. The van der Waals surface area contributed by atoms with E-state index in [2.05, 4.69) is 5.32 Å². The molecule has 2 aliphatic rings. The van der Waals surface area contributed by atoms with Crippen molar-refractivity contribution in [2.24, 2.45) is 5.92 Å². The summed E-state index contributed by atoms with van der Waals surface area (Å²) in [7, 11) is 0. The average Bonchev–Trinajstić information content (AvgIpc) is 3.28. The molecule has 0 heterocycles. The number of halogens is 1. The molecule has 2 aliphatic carbocycles. The molecule has 2 saturated carbocycles. The summed E-state index contributed by atoms with van der Waals surface area (Å²) in [5.74, 6) is -1.57. The van der Waals surface area contributed by atoms with Gasteiger partial charge in [0.25, 0.3) is 0 Å². The number of carbonyl (C=O) groups excluding carboxylic acids is 1. The molecule has 112 valence electrons. The molecule has 0 unspecified atom stereocenters. The van der Waals surface area contributed by atoms with Gasteiger partial charge in [-0.05, 0) is 49.8 Å². The van der Waals surface area contributed by atoms with E-state index in [1.807, 2.05) is 4.90 Å². The monoisotopic (exact) mass is 292 g/mol. The number of nitrogens with one attached hydrogen (secondary N) is 1. The number of rotatable bonds is 5. The van der Waals surface area contributed by atoms with Crippen LogP contribution in [0.2, 0.25) is 0 Å². The number of urea groups is 1. The first kappa shape index (κ1) is 13.9. The number of amides is 2. The number of hydrogen-bond donors (Lipinski definition) is 2. The van der Waals surface area contributed by atoms with E-state index in [0.717, 1.165) is 31.5 Å². The molecule has 2 N–H and O–H groups in total. The maximum atomic E-state index is 13.6. The molecule has 2 amide bonds. The number of hydrogen-bond acceptors (Lipinski definition) is 2. The summed E-state index contributed by atoms with van der Waals surface area (Å²) in [5.41, 5.74) is -0.117. The Kier molecular flexibility index (Phi) is 3.53. The van der Waals surface area contributed by atoms with Gasteiger partial charge in [0.2, 0.25) is 0 Å². The van der Waals surface area contributed by atoms with Crippen molar-refractivity contribution in [3.8, 4) is 0 Å². The molecule has 0 atom stereocenters. The second kappa shape index (κ2) is 5.35. The minimum atomic E-state index is -1.32. The molecule has 0 bridgehead atoms. The summed E-state index contributed by atoms with van der Waals surface area (Å²) in [6, 6.07) is 3.69. The molecule has 1 aromatic rings. The van der Waals surface area contributed by atoms with E-state index < -0.39 is 17.3 Å². The van der Waals surface area contributed by atoms with Crippen LogP contribution in [0.1, 0.15) is 36.0 Å². The largest absolute Gasteiger partial charge is 0.478 e. The van der Waals surface area contributed by atoms with Gasteiger partial charge in [-0.25, -0.2) is 14.0 Å². The second-order valence-corrected chi connectivity index (χ2v) is 5.76. The molecular formula is C15H17FN2O3. The smallest absolute Gasteiger partial charge is 0.338 e. The van der Waals surface area contributed by atoms with Gasteiger partial charge in [-0.3, -0.25) is 0 Å². The number of anilines is 1. The zero-order chi connectivity index (χ0) is 15.0. The first-order valence-corrected chi connectivity index (χ1v) is 7.15. The van der Waals surface area contributed by atoms with Gasteiger partial charge >= 0.3 is 12.0 Å². The Labute approximate surface area is 121 Å². The Morgan fingerprint density at radius 2 is 2.00 bits per heavy atom. The van der Waals surface area contributed by atoms with Crippen LogP contribution < -0.4 is 5.32 Å². The van der Waals surface area contributed by atoms with Crippen molar-refractivity contribution in [1.29, 1.82) is 0 Å². The highest BCUT2D eigenvalue weighted by Gasteiger charge is 2.36. The van der Waals surface area contributed by atoms with Crippen LogP contribution in [-0.4, -0.2) is 34.6 Å². The molecule has 6 heteroatoms. The standard InChI is InChI=1S/C15H17FN2O3/c16-13-7-10(3-6-12(13)14(19)20)17-15(21)18(11-4-5-11)8-9-1-2-9/h3,6-7,9,11H,1-2,4-5,8H2,(H,17,21)(H,19,20). The normalized spacial score (nSPS) is 17.4. The summed E-state index contributed by atoms with van der Waals surface area (Å²) in [6.45, 7) is 0.756. The maximum absolute atomic E-state index is 13.6. The van der Waals surface area contributed by atoms with E-state index in [1.165, 1.54) is 18.9 Å². The Morgan fingerprint density at radius 1 is 1.29 bits per heavy atom. The van der Waals surface area contributed by atoms with Crippen LogP contribution in [0.15, 0.2) is 18.2 Å². The van der Waals surface area contributed by atoms with E-state index in [4.69, 9.17) is 5.11 Å². The van der Waals surface area contributed by atoms with Crippen molar-refractivity contribution in [3.05, 3.63) is 29.6 Å². The predicted molar refractivity (Wildman–Crippen MR) is 74.8 cm³/mol. The Morgan fingerprint density at radius 3 is 2.52 bits per heavy atom. The van der Waals surface area contributed by atoms with Crippen molar-refractivity contribution in [2.75, 3.05) is 11.9 Å².